The third-order valence-electron chi connectivity index (χ3n) is 3.77. The lowest BCUT2D eigenvalue weighted by atomic mass is 10.0. The maximum Gasteiger partial charge on any atom is 0.258 e. The number of nitrogens with zero attached hydrogens (tertiary/aromatic N) is 2. The van der Waals surface area contributed by atoms with E-state index in [-0.39, 0.29) is 18.3 Å². The summed E-state index contributed by atoms with van der Waals surface area (Å²) in [5.74, 6) is -0.203. The molecule has 0 radical (unpaired) electrons. The average Bonchev–Trinajstić information content (AvgIpc) is 2.52. The Kier molecular flexibility index (Phi) is 5.35. The second-order valence-corrected chi connectivity index (χ2v) is 5.43. The summed E-state index contributed by atoms with van der Waals surface area (Å²) in [6.07, 6.45) is 0. The van der Waals surface area contributed by atoms with Crippen molar-refractivity contribution in [3.05, 3.63) is 42.0 Å². The van der Waals surface area contributed by atoms with Gasteiger partial charge >= 0.3 is 0 Å². The lowest BCUT2D eigenvalue weighted by molar-refractivity contribution is 0.0779. The number of phenolic OH excluding ortho intramolecular Hbond substituents is 1. The lowest BCUT2D eigenvalue weighted by Crippen LogP contribution is -2.35. The molecule has 2 aromatic carbocycles. The molecule has 0 saturated carbocycles. The van der Waals surface area contributed by atoms with Gasteiger partial charge in [0.15, 0.2) is 0 Å². The molecule has 5 nitrogen and oxygen atoms in total. The van der Waals surface area contributed by atoms with Crippen LogP contribution in [-0.2, 0) is 0 Å². The fourth-order valence-electron chi connectivity index (χ4n) is 2.38. The summed E-state index contributed by atoms with van der Waals surface area (Å²) in [5.41, 5.74) is 0.338. The standard InChI is InChI=1S/C17H22N2O3/c1-18(11-12-20)9-10-19(2)17(22)16-14-6-4-3-5-13(14)7-8-15(16)21/h3-8,20-21H,9-12H2,1-2H3. The number of phenols is 1. The van der Waals surface area contributed by atoms with Crippen molar-refractivity contribution in [3.8, 4) is 5.75 Å². The third-order valence-corrected chi connectivity index (χ3v) is 3.77. The van der Waals surface area contributed by atoms with Gasteiger partial charge in [0.1, 0.15) is 5.75 Å². The first-order valence-corrected chi connectivity index (χ1v) is 7.30. The zero-order chi connectivity index (χ0) is 16.1. The second kappa shape index (κ2) is 7.24. The van der Waals surface area contributed by atoms with Crippen molar-refractivity contribution in [1.29, 1.82) is 0 Å². The smallest absolute Gasteiger partial charge is 0.258 e. The van der Waals surface area contributed by atoms with E-state index in [4.69, 9.17) is 5.11 Å². The van der Waals surface area contributed by atoms with Crippen LogP contribution in [0.4, 0.5) is 0 Å². The van der Waals surface area contributed by atoms with Gasteiger partial charge in [0.25, 0.3) is 5.91 Å². The molecule has 0 saturated heterocycles. The predicted octanol–water partition coefficient (Wildman–Crippen LogP) is 1.54. The summed E-state index contributed by atoms with van der Waals surface area (Å²) < 4.78 is 0. The van der Waals surface area contributed by atoms with Gasteiger partial charge in [-0.05, 0) is 23.9 Å². The van der Waals surface area contributed by atoms with E-state index >= 15 is 0 Å². The van der Waals surface area contributed by atoms with Crippen molar-refractivity contribution in [2.75, 3.05) is 40.3 Å². The Hall–Kier alpha value is -2.11. The van der Waals surface area contributed by atoms with Gasteiger partial charge in [-0.3, -0.25) is 4.79 Å². The van der Waals surface area contributed by atoms with E-state index in [0.717, 1.165) is 10.8 Å². The first-order chi connectivity index (χ1) is 10.5. The van der Waals surface area contributed by atoms with Crippen LogP contribution in [0, 0.1) is 0 Å². The van der Waals surface area contributed by atoms with E-state index in [9.17, 15) is 9.90 Å². The molecule has 0 fully saturated rings. The fraction of sp³-hybridized carbons (Fsp3) is 0.353. The quantitative estimate of drug-likeness (QED) is 0.849. The summed E-state index contributed by atoms with van der Waals surface area (Å²) >= 11 is 0. The molecule has 0 atom stereocenters. The molecular formula is C17H22N2O3. The number of amides is 1. The maximum absolute atomic E-state index is 12.6. The van der Waals surface area contributed by atoms with Gasteiger partial charge in [0.05, 0.1) is 12.2 Å². The molecule has 2 aromatic rings. The van der Waals surface area contributed by atoms with Gasteiger partial charge in [0, 0.05) is 26.7 Å². The number of likely N-dealkylation sites (N-methyl/N-ethyl adjacent to an activating group) is 2. The zero-order valence-electron chi connectivity index (χ0n) is 13.0. The molecule has 0 heterocycles. The van der Waals surface area contributed by atoms with Crippen molar-refractivity contribution < 1.29 is 15.0 Å². The van der Waals surface area contributed by atoms with Gasteiger partial charge in [-0.15, -0.1) is 0 Å². The zero-order valence-corrected chi connectivity index (χ0v) is 13.0. The average molecular weight is 302 g/mol. The van der Waals surface area contributed by atoms with Gasteiger partial charge in [-0.2, -0.15) is 0 Å². The van der Waals surface area contributed by atoms with E-state index in [2.05, 4.69) is 0 Å². The number of carbonyl (C=O) groups is 1. The Bertz CT molecular complexity index is 657. The van der Waals surface area contributed by atoms with Gasteiger partial charge in [-0.1, -0.05) is 30.3 Å². The summed E-state index contributed by atoms with van der Waals surface area (Å²) in [6.45, 7) is 1.85. The van der Waals surface area contributed by atoms with Crippen molar-refractivity contribution in [1.82, 2.24) is 9.80 Å². The Morgan fingerprint density at radius 3 is 2.50 bits per heavy atom. The van der Waals surface area contributed by atoms with Crippen LogP contribution in [0.2, 0.25) is 0 Å². The van der Waals surface area contributed by atoms with Crippen molar-refractivity contribution in [3.63, 3.8) is 0 Å². The summed E-state index contributed by atoms with van der Waals surface area (Å²) in [4.78, 5) is 16.2. The lowest BCUT2D eigenvalue weighted by Gasteiger charge is -2.22. The predicted molar refractivity (Wildman–Crippen MR) is 87.2 cm³/mol. The number of aliphatic hydroxyl groups excluding tert-OH is 1. The van der Waals surface area contributed by atoms with E-state index in [1.807, 2.05) is 36.2 Å². The van der Waals surface area contributed by atoms with Crippen molar-refractivity contribution in [2.45, 2.75) is 0 Å². The maximum atomic E-state index is 12.6. The molecule has 0 aliphatic heterocycles. The Morgan fingerprint density at radius 2 is 1.77 bits per heavy atom. The third kappa shape index (κ3) is 3.55. The molecular weight excluding hydrogens is 280 g/mol. The number of aliphatic hydroxyl groups is 1. The Morgan fingerprint density at radius 1 is 1.05 bits per heavy atom. The topological polar surface area (TPSA) is 64.0 Å². The normalized spacial score (nSPS) is 11.1. The fourth-order valence-corrected chi connectivity index (χ4v) is 2.38. The monoisotopic (exact) mass is 302 g/mol. The van der Waals surface area contributed by atoms with Gasteiger partial charge in [-0.25, -0.2) is 0 Å². The molecule has 0 spiro atoms. The molecule has 2 rings (SSSR count). The number of fused-ring (bicyclic) bond motifs is 1. The number of hydrogen-bond donors (Lipinski definition) is 2. The highest BCUT2D eigenvalue weighted by molar-refractivity contribution is 6.09. The van der Waals surface area contributed by atoms with Crippen LogP contribution >= 0.6 is 0 Å². The first-order valence-electron chi connectivity index (χ1n) is 7.30. The molecule has 5 heteroatoms. The molecule has 118 valence electrons. The Balaban J connectivity index is 2.20. The molecule has 1 amide bonds. The Labute approximate surface area is 130 Å². The van der Waals surface area contributed by atoms with Gasteiger partial charge in [0.2, 0.25) is 0 Å². The van der Waals surface area contributed by atoms with Crippen LogP contribution in [-0.4, -0.2) is 66.3 Å². The highest BCUT2D eigenvalue weighted by atomic mass is 16.3. The molecule has 0 aromatic heterocycles. The van der Waals surface area contributed by atoms with E-state index < -0.39 is 0 Å². The van der Waals surface area contributed by atoms with Crippen LogP contribution in [0.3, 0.4) is 0 Å². The molecule has 0 aliphatic rings. The van der Waals surface area contributed by atoms with Crippen LogP contribution in [0.15, 0.2) is 36.4 Å². The number of rotatable bonds is 6. The highest BCUT2D eigenvalue weighted by Gasteiger charge is 2.19. The second-order valence-electron chi connectivity index (χ2n) is 5.43. The SMILES string of the molecule is CN(CCO)CCN(C)C(=O)c1c(O)ccc2ccccc12. The van der Waals surface area contributed by atoms with E-state index in [0.29, 0.717) is 25.2 Å². The number of hydrogen-bond acceptors (Lipinski definition) is 4. The minimum atomic E-state index is -0.202. The van der Waals surface area contributed by atoms with Crippen LogP contribution in [0.5, 0.6) is 5.75 Å². The largest absolute Gasteiger partial charge is 0.507 e. The highest BCUT2D eigenvalue weighted by Crippen LogP contribution is 2.28. The minimum Gasteiger partial charge on any atom is -0.507 e. The number of aromatic hydroxyl groups is 1. The first kappa shape index (κ1) is 16.3. The van der Waals surface area contributed by atoms with Crippen LogP contribution in [0.1, 0.15) is 10.4 Å². The molecule has 2 N–H and O–H groups in total. The van der Waals surface area contributed by atoms with Crippen LogP contribution < -0.4 is 0 Å². The summed E-state index contributed by atoms with van der Waals surface area (Å²) in [7, 11) is 3.61. The van der Waals surface area contributed by atoms with E-state index in [1.54, 1.807) is 24.1 Å². The summed E-state index contributed by atoms with van der Waals surface area (Å²) in [6, 6.07) is 10.9. The van der Waals surface area contributed by atoms with Crippen LogP contribution in [0.25, 0.3) is 10.8 Å². The van der Waals surface area contributed by atoms with Gasteiger partial charge < -0.3 is 20.0 Å². The van der Waals surface area contributed by atoms with Crippen molar-refractivity contribution >= 4 is 16.7 Å². The molecule has 0 aliphatic carbocycles. The number of benzene rings is 2. The molecule has 22 heavy (non-hydrogen) atoms. The molecule has 0 bridgehead atoms. The summed E-state index contributed by atoms with van der Waals surface area (Å²) in [5, 5.41) is 20.7. The minimum absolute atomic E-state index is 0.000683. The van der Waals surface area contributed by atoms with Crippen molar-refractivity contribution in [2.24, 2.45) is 0 Å². The number of carbonyl (C=O) groups excluding carboxylic acids is 1. The van der Waals surface area contributed by atoms with E-state index in [1.165, 1.54) is 0 Å². The molecule has 0 unspecified atom stereocenters.